The summed E-state index contributed by atoms with van der Waals surface area (Å²) >= 11 is 0. The Morgan fingerprint density at radius 1 is 1.30 bits per heavy atom. The maximum absolute atomic E-state index is 9.56. The minimum absolute atomic E-state index is 0.0314. The van der Waals surface area contributed by atoms with Crippen LogP contribution < -0.4 is 0 Å². The van der Waals surface area contributed by atoms with E-state index in [1.165, 1.54) is 6.42 Å². The topological polar surface area (TPSA) is 20.2 Å². The average Bonchev–Trinajstić information content (AvgIpc) is 2.29. The molecule has 0 aliphatic heterocycles. The van der Waals surface area contributed by atoms with Crippen LogP contribution in [0.15, 0.2) is 0 Å². The third-order valence-electron chi connectivity index (χ3n) is 3.74. The summed E-state index contributed by atoms with van der Waals surface area (Å²) in [6.45, 7) is 0. The van der Waals surface area contributed by atoms with Crippen LogP contribution in [-0.2, 0) is 0 Å². The quantitative estimate of drug-likeness (QED) is 0.478. The molecule has 1 N–H and O–H groups in total. The van der Waals surface area contributed by atoms with E-state index in [0.717, 1.165) is 11.8 Å². The van der Waals surface area contributed by atoms with E-state index >= 15 is 0 Å². The summed E-state index contributed by atoms with van der Waals surface area (Å²) in [5, 5.41) is 9.56. The monoisotopic (exact) mass is 134 g/mol. The summed E-state index contributed by atoms with van der Waals surface area (Å²) in [5.74, 6) is 5.89. The molecule has 4 rings (SSSR count). The van der Waals surface area contributed by atoms with Gasteiger partial charge in [-0.05, 0) is 30.1 Å². The summed E-state index contributed by atoms with van der Waals surface area (Å²) < 4.78 is 0. The van der Waals surface area contributed by atoms with Crippen LogP contribution >= 0.6 is 0 Å². The first kappa shape index (κ1) is 5.21. The number of hydrogen-bond acceptors (Lipinski definition) is 1. The SMILES string of the molecule is C#CC1C2CC3C(C2O)C13. The first-order chi connectivity index (χ1) is 4.84. The van der Waals surface area contributed by atoms with E-state index in [2.05, 4.69) is 5.92 Å². The molecule has 6 atom stereocenters. The molecule has 4 saturated carbocycles. The molecule has 0 radical (unpaired) electrons. The fraction of sp³-hybridized carbons (Fsp3) is 0.778. The number of aliphatic hydroxyl groups is 1. The van der Waals surface area contributed by atoms with E-state index in [4.69, 9.17) is 6.42 Å². The average molecular weight is 134 g/mol. The molecule has 0 aromatic carbocycles. The molecule has 4 fully saturated rings. The zero-order valence-electron chi connectivity index (χ0n) is 5.70. The van der Waals surface area contributed by atoms with Crippen LogP contribution in [0, 0.1) is 41.9 Å². The summed E-state index contributed by atoms with van der Waals surface area (Å²) in [6.07, 6.45) is 6.55. The summed E-state index contributed by atoms with van der Waals surface area (Å²) in [5.41, 5.74) is 0. The highest BCUT2D eigenvalue weighted by Gasteiger charge is 2.72. The van der Waals surface area contributed by atoms with Crippen molar-refractivity contribution in [3.63, 3.8) is 0 Å². The van der Waals surface area contributed by atoms with Gasteiger partial charge in [0.15, 0.2) is 0 Å². The molecule has 0 spiro atoms. The van der Waals surface area contributed by atoms with Gasteiger partial charge in [0.2, 0.25) is 0 Å². The Morgan fingerprint density at radius 2 is 2.10 bits per heavy atom. The van der Waals surface area contributed by atoms with E-state index in [1.807, 2.05) is 0 Å². The fourth-order valence-corrected chi connectivity index (χ4v) is 3.35. The second-order valence-electron chi connectivity index (χ2n) is 3.90. The summed E-state index contributed by atoms with van der Waals surface area (Å²) in [4.78, 5) is 0. The van der Waals surface area contributed by atoms with Crippen LogP contribution in [0.4, 0.5) is 0 Å². The molecule has 0 aromatic heterocycles. The standard InChI is InChI=1S/C9H10O/c1-2-4-5-3-6-7(4)8(6)9(5)10/h1,4-10H,3H2. The van der Waals surface area contributed by atoms with Gasteiger partial charge in [-0.3, -0.25) is 0 Å². The van der Waals surface area contributed by atoms with Crippen molar-refractivity contribution in [2.75, 3.05) is 0 Å². The van der Waals surface area contributed by atoms with Crippen molar-refractivity contribution in [1.82, 2.24) is 0 Å². The Balaban J connectivity index is 2.04. The minimum atomic E-state index is -0.0314. The normalized spacial score (nSPS) is 68.0. The van der Waals surface area contributed by atoms with Crippen molar-refractivity contribution in [2.24, 2.45) is 29.6 Å². The Labute approximate surface area is 60.4 Å². The first-order valence-electron chi connectivity index (χ1n) is 3.99. The molecule has 52 valence electrons. The van der Waals surface area contributed by atoms with E-state index < -0.39 is 0 Å². The lowest BCUT2D eigenvalue weighted by Crippen LogP contribution is -2.14. The van der Waals surface area contributed by atoms with Crippen LogP contribution in [0.1, 0.15) is 6.42 Å². The van der Waals surface area contributed by atoms with Crippen LogP contribution in [-0.4, -0.2) is 11.2 Å². The molecule has 4 bridgehead atoms. The highest BCUT2D eigenvalue weighted by molar-refractivity contribution is 5.26. The van der Waals surface area contributed by atoms with Gasteiger partial charge in [-0.2, -0.15) is 0 Å². The van der Waals surface area contributed by atoms with Crippen LogP contribution in [0.25, 0.3) is 0 Å². The molecule has 0 amide bonds. The summed E-state index contributed by atoms with van der Waals surface area (Å²) in [7, 11) is 0. The Bertz CT molecular complexity index is 227. The molecule has 10 heavy (non-hydrogen) atoms. The lowest BCUT2D eigenvalue weighted by atomic mass is 9.98. The number of hydrogen-bond donors (Lipinski definition) is 1. The molecule has 0 aromatic rings. The van der Waals surface area contributed by atoms with E-state index in [9.17, 15) is 5.11 Å². The van der Waals surface area contributed by atoms with Crippen molar-refractivity contribution >= 4 is 0 Å². The second kappa shape index (κ2) is 1.26. The van der Waals surface area contributed by atoms with Crippen LogP contribution in [0.2, 0.25) is 0 Å². The van der Waals surface area contributed by atoms with Gasteiger partial charge < -0.3 is 5.11 Å². The molecule has 0 heterocycles. The highest BCUT2D eigenvalue weighted by Crippen LogP contribution is 2.72. The van der Waals surface area contributed by atoms with Crippen LogP contribution in [0.5, 0.6) is 0 Å². The van der Waals surface area contributed by atoms with Gasteiger partial charge in [0.1, 0.15) is 0 Å². The number of terminal acetylenes is 1. The number of rotatable bonds is 0. The van der Waals surface area contributed by atoms with Gasteiger partial charge in [0.25, 0.3) is 0 Å². The number of aliphatic hydroxyl groups excluding tert-OH is 1. The lowest BCUT2D eigenvalue weighted by Gasteiger charge is -2.09. The first-order valence-corrected chi connectivity index (χ1v) is 3.99. The van der Waals surface area contributed by atoms with Gasteiger partial charge in [0, 0.05) is 5.92 Å². The molecule has 1 heteroatoms. The molecular weight excluding hydrogens is 124 g/mol. The largest absolute Gasteiger partial charge is 0.392 e. The van der Waals surface area contributed by atoms with Crippen molar-refractivity contribution in [3.8, 4) is 12.3 Å². The van der Waals surface area contributed by atoms with Crippen molar-refractivity contribution in [3.05, 3.63) is 0 Å². The van der Waals surface area contributed by atoms with Gasteiger partial charge in [-0.1, -0.05) is 0 Å². The maximum Gasteiger partial charge on any atom is 0.0614 e. The lowest BCUT2D eigenvalue weighted by molar-refractivity contribution is 0.129. The molecule has 1 nitrogen and oxygen atoms in total. The van der Waals surface area contributed by atoms with E-state index in [-0.39, 0.29) is 6.10 Å². The third kappa shape index (κ3) is 0.322. The Hall–Kier alpha value is -0.480. The summed E-state index contributed by atoms with van der Waals surface area (Å²) in [6, 6.07) is 0. The zero-order valence-corrected chi connectivity index (χ0v) is 5.70. The van der Waals surface area contributed by atoms with E-state index in [0.29, 0.717) is 17.8 Å². The molecule has 4 aliphatic carbocycles. The van der Waals surface area contributed by atoms with Gasteiger partial charge in [0.05, 0.1) is 6.10 Å². The zero-order chi connectivity index (χ0) is 6.88. The van der Waals surface area contributed by atoms with Crippen molar-refractivity contribution < 1.29 is 5.11 Å². The molecule has 6 unspecified atom stereocenters. The van der Waals surface area contributed by atoms with Crippen molar-refractivity contribution in [1.29, 1.82) is 0 Å². The third-order valence-corrected chi connectivity index (χ3v) is 3.74. The minimum Gasteiger partial charge on any atom is -0.392 e. The maximum atomic E-state index is 9.56. The highest BCUT2D eigenvalue weighted by atomic mass is 16.3. The predicted molar refractivity (Wildman–Crippen MR) is 36.9 cm³/mol. The van der Waals surface area contributed by atoms with Gasteiger partial charge in [-0.25, -0.2) is 0 Å². The Morgan fingerprint density at radius 3 is 2.30 bits per heavy atom. The van der Waals surface area contributed by atoms with Crippen LogP contribution in [0.3, 0.4) is 0 Å². The van der Waals surface area contributed by atoms with Crippen molar-refractivity contribution in [2.45, 2.75) is 12.5 Å². The molecule has 4 aliphatic rings. The van der Waals surface area contributed by atoms with E-state index in [1.54, 1.807) is 0 Å². The Kier molecular flexibility index (Phi) is 0.658. The fourth-order valence-electron chi connectivity index (χ4n) is 3.35. The second-order valence-corrected chi connectivity index (χ2v) is 3.90. The molecular formula is C9H10O. The van der Waals surface area contributed by atoms with Gasteiger partial charge in [-0.15, -0.1) is 12.3 Å². The predicted octanol–water partition coefficient (Wildman–Crippen LogP) is 0.492. The smallest absolute Gasteiger partial charge is 0.0614 e. The van der Waals surface area contributed by atoms with Gasteiger partial charge >= 0.3 is 0 Å². The molecule has 0 saturated heterocycles.